The molecule has 0 aliphatic heterocycles. The Morgan fingerprint density at radius 3 is 2.42 bits per heavy atom. The topological polar surface area (TPSA) is 79.5 Å². The molecular formula is C18H18IN3O3S. The van der Waals surface area contributed by atoms with Crippen molar-refractivity contribution in [3.8, 4) is 5.75 Å². The molecule has 6 nitrogen and oxygen atoms in total. The van der Waals surface area contributed by atoms with Crippen LogP contribution in [0.1, 0.15) is 21.5 Å². The van der Waals surface area contributed by atoms with Crippen molar-refractivity contribution in [2.45, 2.75) is 13.3 Å². The number of halogens is 1. The van der Waals surface area contributed by atoms with Crippen molar-refractivity contribution in [3.05, 3.63) is 62.7 Å². The van der Waals surface area contributed by atoms with Crippen LogP contribution in [0.4, 0.5) is 0 Å². The van der Waals surface area contributed by atoms with Gasteiger partial charge in [0.15, 0.2) is 5.11 Å². The molecule has 2 aromatic rings. The molecule has 136 valence electrons. The third-order valence-corrected chi connectivity index (χ3v) is 4.87. The highest BCUT2D eigenvalue weighted by Gasteiger charge is 2.10. The standard InChI is InChI=1S/C18H18IN3O3S/c1-11-3-6-13(10-15(11)19)17(24)20-18(26)22-21-16(23)9-12-4-7-14(25-2)8-5-12/h3-8,10H,9H2,1-2H3,(H,21,23)(H2,20,22,24,26). The summed E-state index contributed by atoms with van der Waals surface area (Å²) in [7, 11) is 1.58. The Morgan fingerprint density at radius 1 is 1.12 bits per heavy atom. The monoisotopic (exact) mass is 483 g/mol. The predicted octanol–water partition coefficient (Wildman–Crippen LogP) is 2.49. The number of nitrogens with one attached hydrogen (secondary N) is 3. The van der Waals surface area contributed by atoms with Gasteiger partial charge in [-0.2, -0.15) is 0 Å². The normalized spacial score (nSPS) is 9.96. The zero-order valence-electron chi connectivity index (χ0n) is 14.3. The Balaban J connectivity index is 1.80. The van der Waals surface area contributed by atoms with Crippen molar-refractivity contribution in [1.29, 1.82) is 0 Å². The van der Waals surface area contributed by atoms with Crippen LogP contribution >= 0.6 is 34.8 Å². The summed E-state index contributed by atoms with van der Waals surface area (Å²) in [6, 6.07) is 12.5. The maximum Gasteiger partial charge on any atom is 0.257 e. The molecule has 0 aliphatic rings. The zero-order chi connectivity index (χ0) is 19.1. The Kier molecular flexibility index (Phi) is 7.34. The van der Waals surface area contributed by atoms with Gasteiger partial charge in [-0.15, -0.1) is 0 Å². The highest BCUT2D eigenvalue weighted by Crippen LogP contribution is 2.13. The first kappa shape index (κ1) is 20.1. The second-order valence-corrected chi connectivity index (χ2v) is 7.02. The van der Waals surface area contributed by atoms with Crippen LogP contribution in [0, 0.1) is 10.5 Å². The maximum absolute atomic E-state index is 12.1. The van der Waals surface area contributed by atoms with E-state index in [1.54, 1.807) is 43.5 Å². The number of carbonyl (C=O) groups is 2. The molecule has 0 saturated carbocycles. The number of carbonyl (C=O) groups excluding carboxylic acids is 2. The third kappa shape index (κ3) is 5.95. The largest absolute Gasteiger partial charge is 0.497 e. The minimum atomic E-state index is -0.343. The van der Waals surface area contributed by atoms with Gasteiger partial charge in [-0.05, 0) is 77.1 Å². The molecule has 2 aromatic carbocycles. The summed E-state index contributed by atoms with van der Waals surface area (Å²) in [5, 5.41) is 2.55. The van der Waals surface area contributed by atoms with Gasteiger partial charge in [-0.1, -0.05) is 18.2 Å². The van der Waals surface area contributed by atoms with Gasteiger partial charge in [0, 0.05) is 9.13 Å². The summed E-state index contributed by atoms with van der Waals surface area (Å²) < 4.78 is 6.06. The molecule has 0 bridgehead atoms. The first-order valence-corrected chi connectivity index (χ1v) is 9.17. The number of benzene rings is 2. The average molecular weight is 483 g/mol. The summed E-state index contributed by atoms with van der Waals surface area (Å²) in [4.78, 5) is 24.1. The van der Waals surface area contributed by atoms with E-state index >= 15 is 0 Å². The van der Waals surface area contributed by atoms with Crippen LogP contribution in [0.15, 0.2) is 42.5 Å². The lowest BCUT2D eigenvalue weighted by atomic mass is 10.1. The number of hydrazine groups is 1. The molecule has 0 unspecified atom stereocenters. The molecule has 26 heavy (non-hydrogen) atoms. The van der Waals surface area contributed by atoms with Gasteiger partial charge >= 0.3 is 0 Å². The SMILES string of the molecule is COc1ccc(CC(=O)NNC(=S)NC(=O)c2ccc(C)c(I)c2)cc1. The van der Waals surface area contributed by atoms with Crippen LogP contribution < -0.4 is 20.9 Å². The number of amides is 2. The molecule has 0 aromatic heterocycles. The fraction of sp³-hybridized carbons (Fsp3) is 0.167. The summed E-state index contributed by atoms with van der Waals surface area (Å²) in [6.07, 6.45) is 0.170. The maximum atomic E-state index is 12.1. The van der Waals surface area contributed by atoms with E-state index in [1.165, 1.54) is 0 Å². The number of thiocarbonyl (C=S) groups is 1. The van der Waals surface area contributed by atoms with Crippen LogP contribution in [0.3, 0.4) is 0 Å². The third-order valence-electron chi connectivity index (χ3n) is 3.50. The van der Waals surface area contributed by atoms with Crippen molar-refractivity contribution in [3.63, 3.8) is 0 Å². The van der Waals surface area contributed by atoms with Gasteiger partial charge in [0.05, 0.1) is 13.5 Å². The van der Waals surface area contributed by atoms with Gasteiger partial charge in [0.1, 0.15) is 5.75 Å². The molecule has 0 atom stereocenters. The summed E-state index contributed by atoms with van der Waals surface area (Å²) in [6.45, 7) is 1.97. The Bertz CT molecular complexity index is 825. The molecule has 8 heteroatoms. The number of rotatable bonds is 4. The van der Waals surface area contributed by atoms with Crippen LogP contribution in [0.2, 0.25) is 0 Å². The lowest BCUT2D eigenvalue weighted by molar-refractivity contribution is -0.121. The average Bonchev–Trinajstić information content (AvgIpc) is 2.63. The van der Waals surface area contributed by atoms with Gasteiger partial charge in [0.25, 0.3) is 5.91 Å². The second kappa shape index (κ2) is 9.48. The predicted molar refractivity (Wildman–Crippen MR) is 112 cm³/mol. The number of methoxy groups -OCH3 is 1. The van der Waals surface area contributed by atoms with E-state index in [-0.39, 0.29) is 23.3 Å². The molecule has 0 heterocycles. The van der Waals surface area contributed by atoms with Crippen LogP contribution in [0.25, 0.3) is 0 Å². The quantitative estimate of drug-likeness (QED) is 0.354. The van der Waals surface area contributed by atoms with Crippen molar-refractivity contribution in [1.82, 2.24) is 16.2 Å². The minimum absolute atomic E-state index is 0.0219. The van der Waals surface area contributed by atoms with Gasteiger partial charge in [0.2, 0.25) is 5.91 Å². The van der Waals surface area contributed by atoms with Crippen molar-refractivity contribution >= 4 is 51.7 Å². The Morgan fingerprint density at radius 2 is 1.81 bits per heavy atom. The van der Waals surface area contributed by atoms with E-state index in [4.69, 9.17) is 17.0 Å². The van der Waals surface area contributed by atoms with E-state index in [1.807, 2.05) is 13.0 Å². The molecule has 0 fully saturated rings. The summed E-state index contributed by atoms with van der Waals surface area (Å²) >= 11 is 7.19. The second-order valence-electron chi connectivity index (χ2n) is 5.45. The van der Waals surface area contributed by atoms with E-state index in [2.05, 4.69) is 38.8 Å². The van der Waals surface area contributed by atoms with E-state index in [0.717, 1.165) is 20.4 Å². The van der Waals surface area contributed by atoms with Crippen molar-refractivity contribution in [2.75, 3.05) is 7.11 Å². The van der Waals surface area contributed by atoms with E-state index in [0.29, 0.717) is 5.56 Å². The highest BCUT2D eigenvalue weighted by molar-refractivity contribution is 14.1. The molecule has 0 radical (unpaired) electrons. The van der Waals surface area contributed by atoms with Crippen molar-refractivity contribution < 1.29 is 14.3 Å². The van der Waals surface area contributed by atoms with E-state index in [9.17, 15) is 9.59 Å². The molecule has 2 rings (SSSR count). The van der Waals surface area contributed by atoms with Gasteiger partial charge in [-0.3, -0.25) is 25.8 Å². The first-order chi connectivity index (χ1) is 12.4. The molecule has 0 spiro atoms. The van der Waals surface area contributed by atoms with Crippen LogP contribution in [-0.4, -0.2) is 24.0 Å². The van der Waals surface area contributed by atoms with Gasteiger partial charge < -0.3 is 4.74 Å². The molecule has 2 amide bonds. The first-order valence-electron chi connectivity index (χ1n) is 7.68. The number of ether oxygens (including phenoxy) is 1. The lowest BCUT2D eigenvalue weighted by Crippen LogP contribution is -2.48. The summed E-state index contributed by atoms with van der Waals surface area (Å²) in [5.41, 5.74) is 7.40. The number of hydrogen-bond acceptors (Lipinski definition) is 4. The smallest absolute Gasteiger partial charge is 0.257 e. The lowest BCUT2D eigenvalue weighted by Gasteiger charge is -2.11. The summed E-state index contributed by atoms with van der Waals surface area (Å²) in [5.74, 6) is 0.100. The van der Waals surface area contributed by atoms with E-state index < -0.39 is 0 Å². The number of aryl methyl sites for hydroxylation is 1. The Labute approximate surface area is 170 Å². The number of hydrogen-bond donors (Lipinski definition) is 3. The minimum Gasteiger partial charge on any atom is -0.497 e. The molecular weight excluding hydrogens is 465 g/mol. The van der Waals surface area contributed by atoms with Crippen LogP contribution in [-0.2, 0) is 11.2 Å². The van der Waals surface area contributed by atoms with Crippen LogP contribution in [0.5, 0.6) is 5.75 Å². The fourth-order valence-electron chi connectivity index (χ4n) is 2.04. The Hall–Kier alpha value is -2.20. The molecule has 0 aliphatic carbocycles. The fourth-order valence-corrected chi connectivity index (χ4v) is 2.70. The molecule has 0 saturated heterocycles. The zero-order valence-corrected chi connectivity index (χ0v) is 17.2. The van der Waals surface area contributed by atoms with Gasteiger partial charge in [-0.25, -0.2) is 0 Å². The molecule has 3 N–H and O–H groups in total. The van der Waals surface area contributed by atoms with Crippen molar-refractivity contribution in [2.24, 2.45) is 0 Å². The highest BCUT2D eigenvalue weighted by atomic mass is 127.